The Hall–Kier alpha value is -4.10. The summed E-state index contributed by atoms with van der Waals surface area (Å²) in [6.07, 6.45) is -5.08. The molecule has 13 heteroatoms. The van der Waals surface area contributed by atoms with Gasteiger partial charge in [0, 0.05) is 44.1 Å². The molecule has 3 aromatic carbocycles. The molecule has 0 aliphatic carbocycles. The van der Waals surface area contributed by atoms with E-state index >= 15 is 0 Å². The first-order chi connectivity index (χ1) is 19.8. The molecule has 3 aromatic rings. The Bertz CT molecular complexity index is 1460. The van der Waals surface area contributed by atoms with Gasteiger partial charge in [-0.25, -0.2) is 13.2 Å². The molecule has 1 saturated heterocycles. The number of benzene rings is 3. The highest BCUT2D eigenvalue weighted by molar-refractivity contribution is 7.92. The predicted molar refractivity (Wildman–Crippen MR) is 154 cm³/mol. The van der Waals surface area contributed by atoms with Gasteiger partial charge < -0.3 is 20.6 Å². The number of sulfonamides is 1. The second kappa shape index (κ2) is 14.2. The van der Waals surface area contributed by atoms with Crippen molar-refractivity contribution >= 4 is 33.3 Å². The maximum Gasteiger partial charge on any atom is 0.490 e. The molecular formula is C29H33F3N4O5S. The Morgan fingerprint density at radius 3 is 2.12 bits per heavy atom. The summed E-state index contributed by atoms with van der Waals surface area (Å²) in [4.78, 5) is 24.5. The largest absolute Gasteiger partial charge is 0.490 e. The minimum atomic E-state index is -5.08. The third-order valence-corrected chi connectivity index (χ3v) is 7.74. The summed E-state index contributed by atoms with van der Waals surface area (Å²) in [5.41, 5.74) is 3.65. The van der Waals surface area contributed by atoms with Gasteiger partial charge >= 0.3 is 12.1 Å². The lowest BCUT2D eigenvalue weighted by atomic mass is 10.0. The van der Waals surface area contributed by atoms with E-state index in [0.29, 0.717) is 23.7 Å². The molecular weight excluding hydrogens is 573 g/mol. The van der Waals surface area contributed by atoms with Crippen molar-refractivity contribution in [2.45, 2.75) is 37.4 Å². The van der Waals surface area contributed by atoms with Crippen LogP contribution in [0.3, 0.4) is 0 Å². The zero-order valence-electron chi connectivity index (χ0n) is 23.1. The standard InChI is InChI=1S/C27H32N4O3S.C2HF3O2/c1-20(2)22-8-11-24(12-9-22)35(33,34)30-23-10-13-26(31-16-14-28-15-17-31)25(18-23)27(32)29-19-21-6-4-3-5-7-21;3-2(4,5)1(6)7/h3-13,18,20,28,30H,14-17,19H2,1-2H3,(H,29,32);(H,6,7). The van der Waals surface area contributed by atoms with Crippen LogP contribution in [0.25, 0.3) is 0 Å². The van der Waals surface area contributed by atoms with Crippen LogP contribution in [0.4, 0.5) is 24.5 Å². The molecule has 1 amide bonds. The van der Waals surface area contributed by atoms with E-state index in [2.05, 4.69) is 34.1 Å². The quantitative estimate of drug-likeness (QED) is 0.296. The number of hydrogen-bond acceptors (Lipinski definition) is 6. The molecule has 9 nitrogen and oxygen atoms in total. The van der Waals surface area contributed by atoms with Crippen molar-refractivity contribution in [3.8, 4) is 0 Å². The normalized spacial score (nSPS) is 13.6. The van der Waals surface area contributed by atoms with Gasteiger partial charge in [-0.3, -0.25) is 9.52 Å². The fraction of sp³-hybridized carbons (Fsp3) is 0.310. The highest BCUT2D eigenvalue weighted by Gasteiger charge is 2.38. The van der Waals surface area contributed by atoms with E-state index in [1.54, 1.807) is 24.3 Å². The van der Waals surface area contributed by atoms with Gasteiger partial charge in [0.05, 0.1) is 10.5 Å². The van der Waals surface area contributed by atoms with E-state index in [1.807, 2.05) is 48.5 Å². The van der Waals surface area contributed by atoms with Crippen molar-refractivity contribution in [1.29, 1.82) is 0 Å². The smallest absolute Gasteiger partial charge is 0.475 e. The van der Waals surface area contributed by atoms with Crippen LogP contribution in [0.15, 0.2) is 77.7 Å². The molecule has 4 rings (SSSR count). The van der Waals surface area contributed by atoms with Gasteiger partial charge in [0.2, 0.25) is 0 Å². The molecule has 0 radical (unpaired) electrons. The maximum absolute atomic E-state index is 13.2. The Balaban J connectivity index is 0.000000616. The van der Waals surface area contributed by atoms with E-state index in [1.165, 1.54) is 0 Å². The van der Waals surface area contributed by atoms with Crippen LogP contribution >= 0.6 is 0 Å². The zero-order valence-corrected chi connectivity index (χ0v) is 23.9. The van der Waals surface area contributed by atoms with Crippen LogP contribution < -0.4 is 20.3 Å². The molecule has 42 heavy (non-hydrogen) atoms. The lowest BCUT2D eigenvalue weighted by Crippen LogP contribution is -2.44. The Morgan fingerprint density at radius 1 is 0.976 bits per heavy atom. The minimum absolute atomic E-state index is 0.183. The highest BCUT2D eigenvalue weighted by Crippen LogP contribution is 2.27. The molecule has 1 fully saturated rings. The predicted octanol–water partition coefficient (Wildman–Crippen LogP) is 4.58. The van der Waals surface area contributed by atoms with E-state index in [-0.39, 0.29) is 10.8 Å². The van der Waals surface area contributed by atoms with E-state index < -0.39 is 22.2 Å². The summed E-state index contributed by atoms with van der Waals surface area (Å²) in [6.45, 7) is 7.70. The summed E-state index contributed by atoms with van der Waals surface area (Å²) in [5.74, 6) is -2.69. The second-order valence-corrected chi connectivity index (χ2v) is 11.5. The highest BCUT2D eigenvalue weighted by atomic mass is 32.2. The molecule has 0 saturated carbocycles. The first kappa shape index (κ1) is 32.4. The number of nitrogens with one attached hydrogen (secondary N) is 3. The number of aliphatic carboxylic acids is 1. The number of amides is 1. The van der Waals surface area contributed by atoms with Crippen molar-refractivity contribution in [3.05, 3.63) is 89.5 Å². The molecule has 226 valence electrons. The van der Waals surface area contributed by atoms with Crippen LogP contribution in [-0.2, 0) is 21.4 Å². The minimum Gasteiger partial charge on any atom is -0.475 e. The molecule has 1 heterocycles. The van der Waals surface area contributed by atoms with Crippen molar-refractivity contribution in [3.63, 3.8) is 0 Å². The number of rotatable bonds is 8. The van der Waals surface area contributed by atoms with Gasteiger partial charge in [-0.1, -0.05) is 56.3 Å². The van der Waals surface area contributed by atoms with Gasteiger partial charge in [0.1, 0.15) is 0 Å². The van der Waals surface area contributed by atoms with E-state index in [0.717, 1.165) is 43.0 Å². The monoisotopic (exact) mass is 606 g/mol. The third kappa shape index (κ3) is 9.21. The maximum atomic E-state index is 13.2. The Morgan fingerprint density at radius 2 is 1.57 bits per heavy atom. The van der Waals surface area contributed by atoms with E-state index in [4.69, 9.17) is 9.90 Å². The van der Waals surface area contributed by atoms with Crippen molar-refractivity contribution < 1.29 is 36.3 Å². The lowest BCUT2D eigenvalue weighted by molar-refractivity contribution is -0.192. The second-order valence-electron chi connectivity index (χ2n) is 9.77. The van der Waals surface area contributed by atoms with Crippen LogP contribution in [0.2, 0.25) is 0 Å². The summed E-state index contributed by atoms with van der Waals surface area (Å²) in [5, 5.41) is 13.4. The van der Waals surface area contributed by atoms with Crippen LogP contribution in [0, 0.1) is 0 Å². The number of nitrogens with zero attached hydrogens (tertiary/aromatic N) is 1. The SMILES string of the molecule is CC(C)c1ccc(S(=O)(=O)Nc2ccc(N3CCNCC3)c(C(=O)NCc3ccccc3)c2)cc1.O=C(O)C(F)(F)F. The zero-order chi connectivity index (χ0) is 30.9. The number of carboxylic acid groups (broad SMARTS) is 1. The first-order valence-electron chi connectivity index (χ1n) is 13.1. The summed E-state index contributed by atoms with van der Waals surface area (Å²) >= 11 is 0. The molecule has 0 spiro atoms. The third-order valence-electron chi connectivity index (χ3n) is 6.35. The average molecular weight is 607 g/mol. The fourth-order valence-corrected chi connectivity index (χ4v) is 5.13. The number of carbonyl (C=O) groups is 2. The number of alkyl halides is 3. The molecule has 0 atom stereocenters. The molecule has 1 aliphatic heterocycles. The number of anilines is 2. The number of carboxylic acids is 1. The molecule has 1 aliphatic rings. The van der Waals surface area contributed by atoms with Gasteiger partial charge in [0.15, 0.2) is 0 Å². The number of hydrogen-bond donors (Lipinski definition) is 4. The molecule has 0 aromatic heterocycles. The van der Waals surface area contributed by atoms with Crippen LogP contribution in [-0.4, -0.2) is 57.8 Å². The number of halogens is 3. The average Bonchev–Trinajstić information content (AvgIpc) is 2.96. The van der Waals surface area contributed by atoms with Gasteiger partial charge in [-0.2, -0.15) is 13.2 Å². The summed E-state index contributed by atoms with van der Waals surface area (Å²) in [6, 6.07) is 21.7. The van der Waals surface area contributed by atoms with Gasteiger partial charge in [-0.15, -0.1) is 0 Å². The first-order valence-corrected chi connectivity index (χ1v) is 14.6. The van der Waals surface area contributed by atoms with Crippen molar-refractivity contribution in [2.75, 3.05) is 35.8 Å². The Kier molecular flexibility index (Phi) is 10.9. The van der Waals surface area contributed by atoms with Crippen molar-refractivity contribution in [1.82, 2.24) is 10.6 Å². The Labute approximate surface area is 242 Å². The topological polar surface area (TPSA) is 128 Å². The summed E-state index contributed by atoms with van der Waals surface area (Å²) in [7, 11) is -3.80. The molecule has 4 N–H and O–H groups in total. The molecule has 0 bridgehead atoms. The van der Waals surface area contributed by atoms with Gasteiger partial charge in [-0.05, 0) is 47.4 Å². The fourth-order valence-electron chi connectivity index (χ4n) is 4.08. The van der Waals surface area contributed by atoms with Crippen LogP contribution in [0.1, 0.15) is 41.3 Å². The van der Waals surface area contributed by atoms with Crippen molar-refractivity contribution in [2.24, 2.45) is 0 Å². The van der Waals surface area contributed by atoms with Gasteiger partial charge in [0.25, 0.3) is 15.9 Å². The lowest BCUT2D eigenvalue weighted by Gasteiger charge is -2.31. The molecule has 0 unspecified atom stereocenters. The number of carbonyl (C=O) groups excluding carboxylic acids is 1. The summed E-state index contributed by atoms with van der Waals surface area (Å²) < 4.78 is 60.4. The van der Waals surface area contributed by atoms with E-state index in [9.17, 15) is 26.4 Å². The number of piperazine rings is 1. The van der Waals surface area contributed by atoms with Crippen LogP contribution in [0.5, 0.6) is 0 Å².